The third kappa shape index (κ3) is 3.66. The summed E-state index contributed by atoms with van der Waals surface area (Å²) in [7, 11) is 1.69. The molecule has 130 valence electrons. The van der Waals surface area contributed by atoms with Gasteiger partial charge in [-0.15, -0.1) is 11.3 Å². The average Bonchev–Trinajstić information content (AvgIpc) is 3.11. The number of anilines is 1. The molecule has 0 aliphatic carbocycles. The highest BCUT2D eigenvalue weighted by Gasteiger charge is 2.04. The summed E-state index contributed by atoms with van der Waals surface area (Å²) in [4.78, 5) is 5.18. The van der Waals surface area contributed by atoms with E-state index in [0.717, 1.165) is 16.3 Å². The van der Waals surface area contributed by atoms with Gasteiger partial charge in [-0.3, -0.25) is 0 Å². The van der Waals surface area contributed by atoms with E-state index in [0.29, 0.717) is 11.0 Å². The standard InChI is InChI=1S/C21H17ClN2OS/c1-25-19-8-7-16-9-15(5-6-17(16)11-19)14-3-2-4-18(10-14)23-12-20-13-24-21(22)26-20/h2-11,13,23H,12H2,1H3. The molecule has 0 radical (unpaired) electrons. The molecule has 0 spiro atoms. The Morgan fingerprint density at radius 3 is 2.62 bits per heavy atom. The van der Waals surface area contributed by atoms with Gasteiger partial charge in [-0.25, -0.2) is 4.98 Å². The predicted molar refractivity (Wildman–Crippen MR) is 110 cm³/mol. The third-order valence-electron chi connectivity index (χ3n) is 4.24. The van der Waals surface area contributed by atoms with E-state index in [1.54, 1.807) is 7.11 Å². The van der Waals surface area contributed by atoms with E-state index in [1.807, 2.05) is 12.3 Å². The van der Waals surface area contributed by atoms with Gasteiger partial charge in [-0.1, -0.05) is 41.9 Å². The van der Waals surface area contributed by atoms with Gasteiger partial charge in [0.05, 0.1) is 13.7 Å². The number of nitrogens with zero attached hydrogens (tertiary/aromatic N) is 1. The fourth-order valence-electron chi connectivity index (χ4n) is 2.89. The van der Waals surface area contributed by atoms with Gasteiger partial charge in [0.25, 0.3) is 0 Å². The van der Waals surface area contributed by atoms with Crippen molar-refractivity contribution in [1.29, 1.82) is 0 Å². The number of thiazole rings is 1. The van der Waals surface area contributed by atoms with Gasteiger partial charge in [-0.05, 0) is 52.2 Å². The SMILES string of the molecule is COc1ccc2cc(-c3cccc(NCc4cnc(Cl)s4)c3)ccc2c1. The van der Waals surface area contributed by atoms with Gasteiger partial charge in [0.2, 0.25) is 0 Å². The first-order chi connectivity index (χ1) is 12.7. The minimum Gasteiger partial charge on any atom is -0.497 e. The molecule has 0 unspecified atom stereocenters. The molecule has 0 fully saturated rings. The highest BCUT2D eigenvalue weighted by Crippen LogP contribution is 2.28. The maximum atomic E-state index is 5.89. The van der Waals surface area contributed by atoms with Gasteiger partial charge >= 0.3 is 0 Å². The lowest BCUT2D eigenvalue weighted by atomic mass is 10.0. The van der Waals surface area contributed by atoms with Gasteiger partial charge in [0.15, 0.2) is 4.47 Å². The first-order valence-corrected chi connectivity index (χ1v) is 9.43. The van der Waals surface area contributed by atoms with Gasteiger partial charge in [0, 0.05) is 16.8 Å². The Labute approximate surface area is 161 Å². The molecule has 0 aliphatic heterocycles. The van der Waals surface area contributed by atoms with Crippen LogP contribution >= 0.6 is 22.9 Å². The minimum atomic E-state index is 0.573. The number of benzene rings is 3. The summed E-state index contributed by atoms with van der Waals surface area (Å²) in [5.74, 6) is 0.875. The number of hydrogen-bond acceptors (Lipinski definition) is 4. The smallest absolute Gasteiger partial charge is 0.183 e. The van der Waals surface area contributed by atoms with Crippen LogP contribution < -0.4 is 10.1 Å². The topological polar surface area (TPSA) is 34.1 Å². The molecule has 0 aliphatic rings. The maximum absolute atomic E-state index is 5.89. The first-order valence-electron chi connectivity index (χ1n) is 8.23. The highest BCUT2D eigenvalue weighted by molar-refractivity contribution is 7.15. The monoisotopic (exact) mass is 380 g/mol. The number of rotatable bonds is 5. The van der Waals surface area contributed by atoms with Crippen LogP contribution in [0.3, 0.4) is 0 Å². The van der Waals surface area contributed by atoms with Crippen molar-refractivity contribution in [3.8, 4) is 16.9 Å². The van der Waals surface area contributed by atoms with Crippen LogP contribution in [-0.4, -0.2) is 12.1 Å². The van der Waals surface area contributed by atoms with Crippen molar-refractivity contribution in [3.05, 3.63) is 76.2 Å². The zero-order valence-corrected chi connectivity index (χ0v) is 15.8. The molecule has 1 heterocycles. The Morgan fingerprint density at radius 1 is 1.00 bits per heavy atom. The summed E-state index contributed by atoms with van der Waals surface area (Å²) in [5, 5.41) is 5.80. The summed E-state index contributed by atoms with van der Waals surface area (Å²) in [6, 6.07) is 21.0. The van der Waals surface area contributed by atoms with Crippen molar-refractivity contribution >= 4 is 39.4 Å². The van der Waals surface area contributed by atoms with Crippen LogP contribution in [0.4, 0.5) is 5.69 Å². The Kier molecular flexibility index (Phi) is 4.78. The summed E-state index contributed by atoms with van der Waals surface area (Å²) >= 11 is 7.38. The Balaban J connectivity index is 1.58. The van der Waals surface area contributed by atoms with E-state index in [1.165, 1.54) is 33.2 Å². The lowest BCUT2D eigenvalue weighted by Crippen LogP contribution is -1.97. The second-order valence-corrected chi connectivity index (χ2v) is 7.64. The summed E-state index contributed by atoms with van der Waals surface area (Å²) in [5.41, 5.74) is 3.43. The number of aromatic nitrogens is 1. The predicted octanol–water partition coefficient (Wildman–Crippen LogP) is 6.24. The molecule has 0 bridgehead atoms. The molecule has 1 aromatic heterocycles. The van der Waals surface area contributed by atoms with Crippen LogP contribution in [0.25, 0.3) is 21.9 Å². The highest BCUT2D eigenvalue weighted by atomic mass is 35.5. The van der Waals surface area contributed by atoms with Crippen molar-refractivity contribution in [2.75, 3.05) is 12.4 Å². The van der Waals surface area contributed by atoms with Crippen molar-refractivity contribution in [3.63, 3.8) is 0 Å². The molecule has 0 atom stereocenters. The molecule has 0 saturated carbocycles. The Bertz CT molecular complexity index is 1060. The van der Waals surface area contributed by atoms with Crippen LogP contribution in [0.1, 0.15) is 4.88 Å². The third-order valence-corrected chi connectivity index (χ3v) is 5.35. The number of hydrogen-bond donors (Lipinski definition) is 1. The number of nitrogens with one attached hydrogen (secondary N) is 1. The van der Waals surface area contributed by atoms with Crippen LogP contribution in [0.15, 0.2) is 66.9 Å². The molecule has 26 heavy (non-hydrogen) atoms. The molecule has 4 aromatic rings. The van der Waals surface area contributed by atoms with E-state index < -0.39 is 0 Å². The van der Waals surface area contributed by atoms with Crippen molar-refractivity contribution in [2.24, 2.45) is 0 Å². The minimum absolute atomic E-state index is 0.573. The summed E-state index contributed by atoms with van der Waals surface area (Å²) < 4.78 is 5.87. The molecule has 5 heteroatoms. The van der Waals surface area contributed by atoms with E-state index in [4.69, 9.17) is 16.3 Å². The molecule has 1 N–H and O–H groups in total. The number of methoxy groups -OCH3 is 1. The van der Waals surface area contributed by atoms with Crippen LogP contribution in [0.2, 0.25) is 4.47 Å². The second kappa shape index (κ2) is 7.36. The van der Waals surface area contributed by atoms with E-state index in [2.05, 4.69) is 64.9 Å². The molecular formula is C21H17ClN2OS. The van der Waals surface area contributed by atoms with E-state index in [-0.39, 0.29) is 0 Å². The normalized spacial score (nSPS) is 10.8. The fourth-order valence-corrected chi connectivity index (χ4v) is 3.81. The van der Waals surface area contributed by atoms with Gasteiger partial charge in [0.1, 0.15) is 5.75 Å². The molecule has 3 nitrogen and oxygen atoms in total. The maximum Gasteiger partial charge on any atom is 0.183 e. The number of fused-ring (bicyclic) bond motifs is 1. The molecular weight excluding hydrogens is 364 g/mol. The average molecular weight is 381 g/mol. The van der Waals surface area contributed by atoms with E-state index >= 15 is 0 Å². The zero-order chi connectivity index (χ0) is 17.9. The van der Waals surface area contributed by atoms with E-state index in [9.17, 15) is 0 Å². The number of halogens is 1. The van der Waals surface area contributed by atoms with Gasteiger partial charge in [-0.2, -0.15) is 0 Å². The first kappa shape index (κ1) is 16.9. The Hall–Kier alpha value is -2.56. The lowest BCUT2D eigenvalue weighted by Gasteiger charge is -2.09. The van der Waals surface area contributed by atoms with Crippen LogP contribution in [0.5, 0.6) is 5.75 Å². The molecule has 4 rings (SSSR count). The molecule has 0 amide bonds. The number of ether oxygens (including phenoxy) is 1. The van der Waals surface area contributed by atoms with Crippen molar-refractivity contribution in [2.45, 2.75) is 6.54 Å². The summed E-state index contributed by atoms with van der Waals surface area (Å²) in [6.45, 7) is 0.714. The fraction of sp³-hybridized carbons (Fsp3) is 0.0952. The summed E-state index contributed by atoms with van der Waals surface area (Å²) in [6.07, 6.45) is 1.81. The Morgan fingerprint density at radius 2 is 1.81 bits per heavy atom. The largest absolute Gasteiger partial charge is 0.497 e. The van der Waals surface area contributed by atoms with Crippen molar-refractivity contribution in [1.82, 2.24) is 4.98 Å². The van der Waals surface area contributed by atoms with Crippen molar-refractivity contribution < 1.29 is 4.74 Å². The molecule has 3 aromatic carbocycles. The second-order valence-electron chi connectivity index (χ2n) is 5.94. The van der Waals surface area contributed by atoms with Crippen LogP contribution in [0, 0.1) is 0 Å². The quantitative estimate of drug-likeness (QED) is 0.445. The van der Waals surface area contributed by atoms with Gasteiger partial charge < -0.3 is 10.1 Å². The zero-order valence-electron chi connectivity index (χ0n) is 14.2. The molecule has 0 saturated heterocycles. The van der Waals surface area contributed by atoms with Crippen LogP contribution in [-0.2, 0) is 6.54 Å². The lowest BCUT2D eigenvalue weighted by molar-refractivity contribution is 0.415.